The van der Waals surface area contributed by atoms with Gasteiger partial charge in [0.05, 0.1) is 6.10 Å². The van der Waals surface area contributed by atoms with Crippen molar-refractivity contribution in [3.8, 4) is 0 Å². The van der Waals surface area contributed by atoms with E-state index >= 15 is 0 Å². The zero-order chi connectivity index (χ0) is 10.6. The van der Waals surface area contributed by atoms with Gasteiger partial charge in [0.25, 0.3) is 0 Å². The molecule has 2 fully saturated rings. The van der Waals surface area contributed by atoms with Gasteiger partial charge >= 0.3 is 0 Å². The Morgan fingerprint density at radius 1 is 1.21 bits per heavy atom. The Hall–Kier alpha value is -0.120. The van der Waals surface area contributed by atoms with E-state index in [0.717, 1.165) is 6.42 Å². The predicted octanol–water partition coefficient (Wildman–Crippen LogP) is 2.30. The summed E-state index contributed by atoms with van der Waals surface area (Å²) in [4.78, 5) is 0. The van der Waals surface area contributed by atoms with E-state index in [-0.39, 0.29) is 18.0 Å². The fourth-order valence-electron chi connectivity index (χ4n) is 2.54. The molecule has 2 rings (SSSR count). The summed E-state index contributed by atoms with van der Waals surface area (Å²) < 4.78 is 17.5. The van der Waals surface area contributed by atoms with Gasteiger partial charge < -0.3 is 14.2 Å². The molecule has 0 saturated carbocycles. The van der Waals surface area contributed by atoms with E-state index in [1.807, 2.05) is 13.8 Å². The molecule has 0 radical (unpaired) electrons. The predicted molar refractivity (Wildman–Crippen MR) is 52.8 cm³/mol. The van der Waals surface area contributed by atoms with Gasteiger partial charge in [-0.05, 0) is 27.2 Å². The van der Waals surface area contributed by atoms with E-state index in [4.69, 9.17) is 14.2 Å². The first kappa shape index (κ1) is 10.4. The van der Waals surface area contributed by atoms with Gasteiger partial charge in [0.2, 0.25) is 0 Å². The fraction of sp³-hybridized carbons (Fsp3) is 1.00. The van der Waals surface area contributed by atoms with Crippen molar-refractivity contribution in [3.05, 3.63) is 0 Å². The molecule has 2 aliphatic rings. The van der Waals surface area contributed by atoms with Gasteiger partial charge in [0.1, 0.15) is 5.60 Å². The van der Waals surface area contributed by atoms with Gasteiger partial charge in [-0.2, -0.15) is 0 Å². The molecule has 82 valence electrons. The highest BCUT2D eigenvalue weighted by molar-refractivity contribution is 5.00. The zero-order valence-corrected chi connectivity index (χ0v) is 9.66. The molecule has 0 aliphatic carbocycles. The molecular weight excluding hydrogens is 180 g/mol. The summed E-state index contributed by atoms with van der Waals surface area (Å²) in [6, 6.07) is 0. The Balaban J connectivity index is 2.21. The van der Waals surface area contributed by atoms with E-state index in [9.17, 15) is 0 Å². The van der Waals surface area contributed by atoms with Gasteiger partial charge in [0.15, 0.2) is 12.1 Å². The highest BCUT2D eigenvalue weighted by Gasteiger charge is 2.60. The molecular formula is C11H20O3. The maximum atomic E-state index is 5.96. The van der Waals surface area contributed by atoms with Gasteiger partial charge in [-0.25, -0.2) is 0 Å². The number of fused-ring (bicyclic) bond motifs is 1. The molecule has 3 nitrogen and oxygen atoms in total. The molecule has 0 N–H and O–H groups in total. The molecule has 4 atom stereocenters. The van der Waals surface area contributed by atoms with E-state index < -0.39 is 5.79 Å². The van der Waals surface area contributed by atoms with E-state index in [2.05, 4.69) is 20.8 Å². The third-order valence-electron chi connectivity index (χ3n) is 3.49. The van der Waals surface area contributed by atoms with Gasteiger partial charge in [-0.15, -0.1) is 0 Å². The average Bonchev–Trinajstić information content (AvgIpc) is 2.42. The van der Waals surface area contributed by atoms with Crippen LogP contribution < -0.4 is 0 Å². The van der Waals surface area contributed by atoms with Crippen LogP contribution in [0.1, 0.15) is 41.0 Å². The lowest BCUT2D eigenvalue weighted by atomic mass is 9.88. The normalized spacial score (nSPS) is 50.8. The van der Waals surface area contributed by atoms with Crippen molar-refractivity contribution in [2.24, 2.45) is 5.92 Å². The standard InChI is InChI=1S/C11H20O3/c1-6-8-7(2)11(5)9(12-8)13-10(3,4)14-11/h7-9H,6H2,1-5H3/t7-,8-,9?,11-/m1/s1. The second-order valence-corrected chi connectivity index (χ2v) is 5.01. The minimum atomic E-state index is -0.508. The molecule has 2 saturated heterocycles. The minimum Gasteiger partial charge on any atom is -0.346 e. The van der Waals surface area contributed by atoms with Crippen molar-refractivity contribution >= 4 is 0 Å². The Kier molecular flexibility index (Phi) is 2.18. The van der Waals surface area contributed by atoms with Crippen molar-refractivity contribution in [1.29, 1.82) is 0 Å². The summed E-state index contributed by atoms with van der Waals surface area (Å²) in [6.45, 7) is 10.3. The van der Waals surface area contributed by atoms with E-state index in [1.165, 1.54) is 0 Å². The highest BCUT2D eigenvalue weighted by atomic mass is 16.8. The molecule has 0 aromatic carbocycles. The topological polar surface area (TPSA) is 27.7 Å². The molecule has 0 amide bonds. The van der Waals surface area contributed by atoms with Gasteiger partial charge in [-0.1, -0.05) is 13.8 Å². The van der Waals surface area contributed by atoms with Crippen molar-refractivity contribution in [2.45, 2.75) is 64.8 Å². The SMILES string of the molecule is CC[C@H]1OC2OC(C)(C)O[C@]2(C)[C@@H]1C. The monoisotopic (exact) mass is 200 g/mol. The second kappa shape index (κ2) is 2.94. The summed E-state index contributed by atoms with van der Waals surface area (Å²) in [5, 5.41) is 0. The Morgan fingerprint density at radius 2 is 1.86 bits per heavy atom. The first-order valence-corrected chi connectivity index (χ1v) is 5.42. The first-order valence-electron chi connectivity index (χ1n) is 5.42. The van der Waals surface area contributed by atoms with Crippen LogP contribution >= 0.6 is 0 Å². The number of hydrogen-bond acceptors (Lipinski definition) is 3. The van der Waals surface area contributed by atoms with Crippen LogP contribution in [0.2, 0.25) is 0 Å². The third-order valence-corrected chi connectivity index (χ3v) is 3.49. The number of hydrogen-bond donors (Lipinski definition) is 0. The Bertz CT molecular complexity index is 239. The Labute approximate surface area is 85.7 Å². The van der Waals surface area contributed by atoms with Crippen LogP contribution in [0.5, 0.6) is 0 Å². The maximum absolute atomic E-state index is 5.96. The van der Waals surface area contributed by atoms with Crippen LogP contribution in [0.4, 0.5) is 0 Å². The first-order chi connectivity index (χ1) is 6.39. The second-order valence-electron chi connectivity index (χ2n) is 5.01. The van der Waals surface area contributed by atoms with Crippen LogP contribution in [0.15, 0.2) is 0 Å². The Morgan fingerprint density at radius 3 is 2.36 bits per heavy atom. The summed E-state index contributed by atoms with van der Waals surface area (Å²) >= 11 is 0. The molecule has 3 heteroatoms. The van der Waals surface area contributed by atoms with Gasteiger partial charge in [-0.3, -0.25) is 0 Å². The lowest BCUT2D eigenvalue weighted by molar-refractivity contribution is -0.212. The van der Waals surface area contributed by atoms with Crippen LogP contribution in [0.3, 0.4) is 0 Å². The molecule has 1 unspecified atom stereocenters. The van der Waals surface area contributed by atoms with Crippen molar-refractivity contribution in [1.82, 2.24) is 0 Å². The minimum absolute atomic E-state index is 0.197. The van der Waals surface area contributed by atoms with Crippen LogP contribution in [0, 0.1) is 5.92 Å². The molecule has 2 aliphatic heterocycles. The van der Waals surface area contributed by atoms with E-state index in [0.29, 0.717) is 5.92 Å². The number of ether oxygens (including phenoxy) is 3. The van der Waals surface area contributed by atoms with Crippen molar-refractivity contribution in [3.63, 3.8) is 0 Å². The summed E-state index contributed by atoms with van der Waals surface area (Å²) in [6.07, 6.45) is 1.08. The summed E-state index contributed by atoms with van der Waals surface area (Å²) in [5.41, 5.74) is -0.274. The third kappa shape index (κ3) is 1.30. The summed E-state index contributed by atoms with van der Waals surface area (Å²) in [7, 11) is 0. The fourth-order valence-corrected chi connectivity index (χ4v) is 2.54. The van der Waals surface area contributed by atoms with Crippen molar-refractivity contribution < 1.29 is 14.2 Å². The molecule has 0 bridgehead atoms. The molecule has 14 heavy (non-hydrogen) atoms. The van der Waals surface area contributed by atoms with E-state index in [1.54, 1.807) is 0 Å². The summed E-state index contributed by atoms with van der Waals surface area (Å²) in [5.74, 6) is -0.119. The largest absolute Gasteiger partial charge is 0.346 e. The highest BCUT2D eigenvalue weighted by Crippen LogP contribution is 2.49. The van der Waals surface area contributed by atoms with Gasteiger partial charge in [0, 0.05) is 5.92 Å². The number of rotatable bonds is 1. The molecule has 0 aromatic heterocycles. The smallest absolute Gasteiger partial charge is 0.190 e. The van der Waals surface area contributed by atoms with Crippen molar-refractivity contribution in [2.75, 3.05) is 0 Å². The molecule has 0 spiro atoms. The van der Waals surface area contributed by atoms with Crippen LogP contribution in [-0.4, -0.2) is 23.8 Å². The molecule has 0 aromatic rings. The van der Waals surface area contributed by atoms with Crippen LogP contribution in [0.25, 0.3) is 0 Å². The van der Waals surface area contributed by atoms with Crippen LogP contribution in [-0.2, 0) is 14.2 Å². The maximum Gasteiger partial charge on any atom is 0.190 e. The lowest BCUT2D eigenvalue weighted by Crippen LogP contribution is -2.39. The average molecular weight is 200 g/mol. The quantitative estimate of drug-likeness (QED) is 0.650. The zero-order valence-electron chi connectivity index (χ0n) is 9.66. The molecule has 2 heterocycles. The lowest BCUT2D eigenvalue weighted by Gasteiger charge is -2.28.